The third kappa shape index (κ3) is 8.71. The highest BCUT2D eigenvalue weighted by molar-refractivity contribution is 7.92. The number of anilines is 1. The molecule has 0 bridgehead atoms. The molecule has 0 unspecified atom stereocenters. The van der Waals surface area contributed by atoms with Gasteiger partial charge in [-0.15, -0.1) is 0 Å². The largest absolute Gasteiger partial charge is 0.354 e. The summed E-state index contributed by atoms with van der Waals surface area (Å²) in [6.07, 6.45) is 2.59. The van der Waals surface area contributed by atoms with Crippen LogP contribution in [0.4, 0.5) is 5.69 Å². The summed E-state index contributed by atoms with van der Waals surface area (Å²) < 4.78 is 28.9. The molecule has 0 saturated heterocycles. The Kier molecular flexibility index (Phi) is 12.1. The van der Waals surface area contributed by atoms with Gasteiger partial charge in [-0.05, 0) is 62.1 Å². The zero-order valence-electron chi connectivity index (χ0n) is 23.6. The number of amides is 2. The Balaban J connectivity index is 2.02. The molecule has 0 heterocycles. The number of carbonyl (C=O) groups is 2. The van der Waals surface area contributed by atoms with Crippen LogP contribution in [0.3, 0.4) is 0 Å². The topological polar surface area (TPSA) is 86.8 Å². The zero-order chi connectivity index (χ0) is 30.0. The molecule has 1 N–H and O–H groups in total. The van der Waals surface area contributed by atoms with E-state index < -0.39 is 28.5 Å². The highest BCUT2D eigenvalue weighted by Gasteiger charge is 2.34. The monoisotopic (exact) mass is 617 g/mol. The van der Waals surface area contributed by atoms with Crippen LogP contribution in [0.2, 0.25) is 10.0 Å². The van der Waals surface area contributed by atoms with Gasteiger partial charge in [-0.2, -0.15) is 0 Å². The summed E-state index contributed by atoms with van der Waals surface area (Å²) in [5.41, 5.74) is 1.96. The Morgan fingerprint density at radius 3 is 2.27 bits per heavy atom. The number of hydrogen-bond donors (Lipinski definition) is 1. The van der Waals surface area contributed by atoms with E-state index in [-0.39, 0.29) is 33.1 Å². The van der Waals surface area contributed by atoms with E-state index in [0.717, 1.165) is 28.3 Å². The number of hydrogen-bond acceptors (Lipinski definition) is 4. The van der Waals surface area contributed by atoms with Crippen molar-refractivity contribution in [3.63, 3.8) is 0 Å². The van der Waals surface area contributed by atoms with Crippen molar-refractivity contribution in [3.05, 3.63) is 94.0 Å². The number of rotatable bonds is 14. The predicted molar refractivity (Wildman–Crippen MR) is 166 cm³/mol. The molecule has 3 aromatic carbocycles. The third-order valence-corrected chi connectivity index (χ3v) is 9.09. The minimum Gasteiger partial charge on any atom is -0.354 e. The first kappa shape index (κ1) is 32.4. The molecule has 10 heteroatoms. The van der Waals surface area contributed by atoms with Crippen molar-refractivity contribution in [1.29, 1.82) is 0 Å². The van der Waals surface area contributed by atoms with Gasteiger partial charge in [0.1, 0.15) is 12.6 Å². The highest BCUT2D eigenvalue weighted by Crippen LogP contribution is 2.33. The number of unbranched alkanes of at least 4 members (excludes halogenated alkanes) is 1. The minimum absolute atomic E-state index is 0.00660. The van der Waals surface area contributed by atoms with Crippen LogP contribution < -0.4 is 9.62 Å². The van der Waals surface area contributed by atoms with Crippen molar-refractivity contribution in [1.82, 2.24) is 10.2 Å². The fraction of sp³-hybridized carbons (Fsp3) is 0.355. The molecule has 0 aromatic heterocycles. The van der Waals surface area contributed by atoms with Crippen LogP contribution in [0.25, 0.3) is 0 Å². The van der Waals surface area contributed by atoms with Gasteiger partial charge in [-0.25, -0.2) is 8.42 Å². The molecule has 0 aliphatic heterocycles. The van der Waals surface area contributed by atoms with Crippen molar-refractivity contribution in [2.75, 3.05) is 23.9 Å². The van der Waals surface area contributed by atoms with E-state index in [1.165, 1.54) is 29.2 Å². The number of sulfonamides is 1. The molecule has 0 saturated carbocycles. The van der Waals surface area contributed by atoms with Crippen LogP contribution in [0.1, 0.15) is 44.2 Å². The van der Waals surface area contributed by atoms with Crippen LogP contribution >= 0.6 is 23.2 Å². The van der Waals surface area contributed by atoms with Gasteiger partial charge in [0.25, 0.3) is 10.0 Å². The first-order valence-corrected chi connectivity index (χ1v) is 15.9. The highest BCUT2D eigenvalue weighted by atomic mass is 35.5. The summed E-state index contributed by atoms with van der Waals surface area (Å²) in [7, 11) is -4.23. The van der Waals surface area contributed by atoms with Gasteiger partial charge in [0.15, 0.2) is 0 Å². The average Bonchev–Trinajstić information content (AvgIpc) is 2.96. The van der Waals surface area contributed by atoms with Crippen molar-refractivity contribution in [2.45, 2.75) is 57.4 Å². The number of halogens is 2. The van der Waals surface area contributed by atoms with Crippen molar-refractivity contribution in [3.8, 4) is 0 Å². The lowest BCUT2D eigenvalue weighted by molar-refractivity contribution is -0.139. The minimum atomic E-state index is -4.23. The van der Waals surface area contributed by atoms with Crippen LogP contribution in [0.15, 0.2) is 77.7 Å². The Hall–Kier alpha value is -3.07. The zero-order valence-corrected chi connectivity index (χ0v) is 26.0. The molecule has 220 valence electrons. The lowest BCUT2D eigenvalue weighted by atomic mass is 10.1. The van der Waals surface area contributed by atoms with Crippen molar-refractivity contribution in [2.24, 2.45) is 0 Å². The lowest BCUT2D eigenvalue weighted by Gasteiger charge is -2.33. The maximum Gasteiger partial charge on any atom is 0.264 e. The third-order valence-electron chi connectivity index (χ3n) is 6.76. The summed E-state index contributed by atoms with van der Waals surface area (Å²) >= 11 is 12.7. The fourth-order valence-electron chi connectivity index (χ4n) is 4.43. The molecule has 3 rings (SSSR count). The molecule has 3 aromatic rings. The summed E-state index contributed by atoms with van der Waals surface area (Å²) in [6, 6.07) is 19.7. The number of nitrogens with one attached hydrogen (secondary N) is 1. The molecule has 0 aliphatic carbocycles. The molecular formula is C31H37Cl2N3O4S. The second-order valence-corrected chi connectivity index (χ2v) is 12.5. The van der Waals surface area contributed by atoms with Gasteiger partial charge in [0.05, 0.1) is 15.6 Å². The SMILES string of the molecule is CCCCNC(=O)[C@H](CC)N(CCc1ccccc1)C(=O)CN(c1cc(Cl)ccc1Cl)S(=O)(=O)c1ccc(C)cc1. The van der Waals surface area contributed by atoms with Crippen LogP contribution in [0, 0.1) is 6.92 Å². The second kappa shape index (κ2) is 15.2. The number of nitrogens with zero attached hydrogens (tertiary/aromatic N) is 2. The smallest absolute Gasteiger partial charge is 0.264 e. The molecule has 0 fully saturated rings. The van der Waals surface area contributed by atoms with Gasteiger partial charge in [0.2, 0.25) is 11.8 Å². The number of aryl methyl sites for hydroxylation is 1. The van der Waals surface area contributed by atoms with E-state index in [4.69, 9.17) is 23.2 Å². The van der Waals surface area contributed by atoms with Crippen molar-refractivity contribution < 1.29 is 18.0 Å². The van der Waals surface area contributed by atoms with E-state index in [0.29, 0.717) is 19.4 Å². The molecule has 0 radical (unpaired) electrons. The quantitative estimate of drug-likeness (QED) is 0.216. The van der Waals surface area contributed by atoms with Gasteiger partial charge < -0.3 is 10.2 Å². The van der Waals surface area contributed by atoms with E-state index in [1.807, 2.05) is 51.1 Å². The van der Waals surface area contributed by atoms with E-state index >= 15 is 0 Å². The molecule has 2 amide bonds. The van der Waals surface area contributed by atoms with E-state index in [1.54, 1.807) is 18.2 Å². The summed E-state index contributed by atoms with van der Waals surface area (Å²) in [5, 5.41) is 3.32. The average molecular weight is 619 g/mol. The second-order valence-electron chi connectivity index (χ2n) is 9.81. The number of benzene rings is 3. The molecule has 1 atom stereocenters. The van der Waals surface area contributed by atoms with Crippen LogP contribution in [-0.2, 0) is 26.0 Å². The Labute approximate surface area is 253 Å². The first-order chi connectivity index (χ1) is 19.6. The molecular weight excluding hydrogens is 581 g/mol. The van der Waals surface area contributed by atoms with Crippen molar-refractivity contribution >= 4 is 50.7 Å². The van der Waals surface area contributed by atoms with Crippen LogP contribution in [-0.4, -0.2) is 50.8 Å². The standard InChI is InChI=1S/C31H37Cl2N3O4S/c1-4-6-19-34-31(38)28(5-2)35(20-18-24-10-8-7-9-11-24)30(37)22-36(29-21-25(32)14-17-27(29)33)41(39,40)26-15-12-23(3)13-16-26/h7-17,21,28H,4-6,18-20,22H2,1-3H3,(H,34,38)/t28-/m0/s1. The summed E-state index contributed by atoms with van der Waals surface area (Å²) in [6.45, 7) is 5.88. The molecule has 7 nitrogen and oxygen atoms in total. The van der Waals surface area contributed by atoms with Gasteiger partial charge >= 0.3 is 0 Å². The van der Waals surface area contributed by atoms with Gasteiger partial charge in [0, 0.05) is 18.1 Å². The van der Waals surface area contributed by atoms with Gasteiger partial charge in [-0.1, -0.05) is 91.5 Å². The number of carbonyl (C=O) groups excluding carboxylic acids is 2. The fourth-order valence-corrected chi connectivity index (χ4v) is 6.29. The Morgan fingerprint density at radius 2 is 1.63 bits per heavy atom. The van der Waals surface area contributed by atoms with E-state index in [2.05, 4.69) is 5.32 Å². The predicted octanol–water partition coefficient (Wildman–Crippen LogP) is 6.26. The van der Waals surface area contributed by atoms with Crippen LogP contribution in [0.5, 0.6) is 0 Å². The maximum atomic E-state index is 14.1. The summed E-state index contributed by atoms with van der Waals surface area (Å²) in [4.78, 5) is 28.8. The molecule has 0 aliphatic rings. The molecule has 0 spiro atoms. The van der Waals surface area contributed by atoms with Gasteiger partial charge in [-0.3, -0.25) is 13.9 Å². The summed E-state index contributed by atoms with van der Waals surface area (Å²) in [5.74, 6) is -0.791. The van der Waals surface area contributed by atoms with E-state index in [9.17, 15) is 18.0 Å². The maximum absolute atomic E-state index is 14.1. The molecule has 41 heavy (non-hydrogen) atoms. The Morgan fingerprint density at radius 1 is 0.951 bits per heavy atom. The Bertz CT molecular complexity index is 1420. The first-order valence-electron chi connectivity index (χ1n) is 13.7. The lowest BCUT2D eigenvalue weighted by Crippen LogP contribution is -2.53. The normalized spacial score (nSPS) is 12.0.